The predicted octanol–water partition coefficient (Wildman–Crippen LogP) is 2.41. The molecule has 2 N–H and O–H groups in total. The van der Waals surface area contributed by atoms with Crippen molar-refractivity contribution in [1.29, 1.82) is 5.26 Å². The first-order valence-electron chi connectivity index (χ1n) is 8.40. The van der Waals surface area contributed by atoms with Gasteiger partial charge in [0.25, 0.3) is 5.91 Å². The topological polar surface area (TPSA) is 83.4 Å². The summed E-state index contributed by atoms with van der Waals surface area (Å²) in [5.41, 5.74) is 1.64. The third-order valence-electron chi connectivity index (χ3n) is 3.95. The molecule has 0 fully saturated rings. The Bertz CT molecular complexity index is 906. The molecule has 138 valence electrons. The van der Waals surface area contributed by atoms with Gasteiger partial charge >= 0.3 is 0 Å². The molecule has 1 aliphatic rings. The first kappa shape index (κ1) is 18.3. The molecule has 0 atom stereocenters. The largest absolute Gasteiger partial charge is 0.454 e. The molecule has 0 aromatic heterocycles. The van der Waals surface area contributed by atoms with E-state index in [1.807, 2.05) is 18.2 Å². The highest BCUT2D eigenvalue weighted by Crippen LogP contribution is 2.32. The monoisotopic (exact) mass is 367 g/mol. The van der Waals surface area contributed by atoms with Crippen molar-refractivity contribution in [2.24, 2.45) is 0 Å². The predicted molar refractivity (Wildman–Crippen MR) is 96.2 cm³/mol. The number of hydrogen-bond acceptors (Lipinski definition) is 5. The van der Waals surface area contributed by atoms with Gasteiger partial charge in [-0.25, -0.2) is 4.39 Å². The Morgan fingerprint density at radius 2 is 2.04 bits per heavy atom. The lowest BCUT2D eigenvalue weighted by molar-refractivity contribution is -0.117. The van der Waals surface area contributed by atoms with Gasteiger partial charge in [0.2, 0.25) is 6.79 Å². The van der Waals surface area contributed by atoms with Crippen LogP contribution in [-0.2, 0) is 17.8 Å². The average molecular weight is 367 g/mol. The Kier molecular flexibility index (Phi) is 5.90. The van der Waals surface area contributed by atoms with Gasteiger partial charge in [-0.2, -0.15) is 5.26 Å². The van der Waals surface area contributed by atoms with E-state index in [9.17, 15) is 9.18 Å². The minimum absolute atomic E-state index is 0.0324. The van der Waals surface area contributed by atoms with Gasteiger partial charge in [0, 0.05) is 19.3 Å². The quantitative estimate of drug-likeness (QED) is 0.446. The Balaban J connectivity index is 1.48. The van der Waals surface area contributed by atoms with Crippen LogP contribution in [0.2, 0.25) is 0 Å². The smallest absolute Gasteiger partial charge is 0.263 e. The second-order valence-corrected chi connectivity index (χ2v) is 5.87. The van der Waals surface area contributed by atoms with Crippen molar-refractivity contribution < 1.29 is 18.7 Å². The van der Waals surface area contributed by atoms with E-state index < -0.39 is 5.91 Å². The maximum absolute atomic E-state index is 13.1. The van der Waals surface area contributed by atoms with Gasteiger partial charge in [0.05, 0.1) is 0 Å². The average Bonchev–Trinajstić information content (AvgIpc) is 3.14. The molecule has 0 unspecified atom stereocenters. The molecule has 0 spiro atoms. The Morgan fingerprint density at radius 3 is 2.85 bits per heavy atom. The third kappa shape index (κ3) is 4.98. The van der Waals surface area contributed by atoms with Gasteiger partial charge in [-0.15, -0.1) is 0 Å². The summed E-state index contributed by atoms with van der Waals surface area (Å²) in [6.45, 7) is 0.926. The van der Waals surface area contributed by atoms with Gasteiger partial charge in [0.15, 0.2) is 11.5 Å². The van der Waals surface area contributed by atoms with Gasteiger partial charge in [-0.1, -0.05) is 18.2 Å². The molecule has 0 bridgehead atoms. The molecular weight excluding hydrogens is 349 g/mol. The highest BCUT2D eigenvalue weighted by molar-refractivity contribution is 5.97. The van der Waals surface area contributed by atoms with Crippen LogP contribution in [0.4, 0.5) is 4.39 Å². The summed E-state index contributed by atoms with van der Waals surface area (Å²) < 4.78 is 23.6. The van der Waals surface area contributed by atoms with Crippen LogP contribution >= 0.6 is 0 Å². The summed E-state index contributed by atoms with van der Waals surface area (Å²) in [7, 11) is 0. The van der Waals surface area contributed by atoms with Crippen molar-refractivity contribution in [3.8, 4) is 17.6 Å². The Labute approximate surface area is 156 Å². The zero-order valence-corrected chi connectivity index (χ0v) is 14.5. The molecule has 3 rings (SSSR count). The van der Waals surface area contributed by atoms with Crippen molar-refractivity contribution in [1.82, 2.24) is 10.6 Å². The molecule has 0 saturated heterocycles. The molecular formula is C20H18FN3O3. The molecule has 6 nitrogen and oxygen atoms in total. The summed E-state index contributed by atoms with van der Waals surface area (Å²) in [6, 6.07) is 13.6. The van der Waals surface area contributed by atoms with E-state index in [-0.39, 0.29) is 24.7 Å². The van der Waals surface area contributed by atoms with Crippen molar-refractivity contribution >= 4 is 5.91 Å². The number of carbonyl (C=O) groups excluding carboxylic acids is 1. The van der Waals surface area contributed by atoms with Gasteiger partial charge in [-0.05, 0) is 41.8 Å². The zero-order chi connectivity index (χ0) is 19.1. The summed E-state index contributed by atoms with van der Waals surface area (Å²) in [6.07, 6.45) is 1.94. The van der Waals surface area contributed by atoms with E-state index in [1.165, 1.54) is 18.3 Å². The highest BCUT2D eigenvalue weighted by Gasteiger charge is 2.14. The fourth-order valence-electron chi connectivity index (χ4n) is 2.56. The number of nitrogens with zero attached hydrogens (tertiary/aromatic N) is 1. The highest BCUT2D eigenvalue weighted by atomic mass is 19.1. The first-order valence-corrected chi connectivity index (χ1v) is 8.40. The molecule has 1 aliphatic heterocycles. The minimum Gasteiger partial charge on any atom is -0.454 e. The van der Waals surface area contributed by atoms with Crippen LogP contribution < -0.4 is 20.1 Å². The maximum Gasteiger partial charge on any atom is 0.263 e. The van der Waals surface area contributed by atoms with Crippen molar-refractivity contribution in [2.45, 2.75) is 13.0 Å². The van der Waals surface area contributed by atoms with Gasteiger partial charge in [0.1, 0.15) is 17.5 Å². The van der Waals surface area contributed by atoms with Crippen molar-refractivity contribution in [2.75, 3.05) is 13.3 Å². The van der Waals surface area contributed by atoms with Crippen LogP contribution in [0.1, 0.15) is 11.1 Å². The second kappa shape index (κ2) is 8.72. The van der Waals surface area contributed by atoms with E-state index in [4.69, 9.17) is 14.7 Å². The number of rotatable bonds is 7. The lowest BCUT2D eigenvalue weighted by atomic mass is 10.1. The van der Waals surface area contributed by atoms with E-state index in [1.54, 1.807) is 18.2 Å². The molecule has 1 heterocycles. The molecule has 0 saturated carbocycles. The summed E-state index contributed by atoms with van der Waals surface area (Å²) >= 11 is 0. The molecule has 7 heteroatoms. The van der Waals surface area contributed by atoms with Crippen LogP contribution in [0.5, 0.6) is 11.5 Å². The summed E-state index contributed by atoms with van der Waals surface area (Å²) in [5.74, 6) is 0.541. The fraction of sp³-hybridized carbons (Fsp3) is 0.200. The summed E-state index contributed by atoms with van der Waals surface area (Å²) in [5, 5.41) is 14.8. The van der Waals surface area contributed by atoms with Gasteiger partial charge in [-0.3, -0.25) is 4.79 Å². The number of nitriles is 1. The first-order chi connectivity index (χ1) is 13.2. The number of fused-ring (bicyclic) bond motifs is 1. The molecule has 0 radical (unpaired) electrons. The van der Waals surface area contributed by atoms with E-state index >= 15 is 0 Å². The number of amides is 1. The van der Waals surface area contributed by atoms with Crippen LogP contribution in [-0.4, -0.2) is 19.2 Å². The number of carbonyl (C=O) groups is 1. The third-order valence-corrected chi connectivity index (χ3v) is 3.95. The lowest BCUT2D eigenvalue weighted by Gasteiger charge is -2.06. The Morgan fingerprint density at radius 1 is 1.19 bits per heavy atom. The standard InChI is InChI=1S/C20H18FN3O3/c21-17-3-1-2-14(8-17)6-7-23-12-16(10-22)20(25)24-11-15-4-5-18-19(9-15)27-13-26-18/h1-5,8-9,12,23H,6-7,11,13H2,(H,24,25)/b16-12-. The Hall–Kier alpha value is -3.53. The van der Waals surface area contributed by atoms with Gasteiger partial charge < -0.3 is 20.1 Å². The minimum atomic E-state index is -0.478. The second-order valence-electron chi connectivity index (χ2n) is 5.87. The maximum atomic E-state index is 13.1. The number of halogens is 1. The lowest BCUT2D eigenvalue weighted by Crippen LogP contribution is -2.25. The molecule has 1 amide bonds. The number of ether oxygens (including phenoxy) is 2. The molecule has 0 aliphatic carbocycles. The SMILES string of the molecule is N#C/C(=C/NCCc1cccc(F)c1)C(=O)NCc1ccc2c(c1)OCO2. The molecule has 2 aromatic carbocycles. The normalized spacial score (nSPS) is 12.4. The van der Waals surface area contributed by atoms with Crippen molar-refractivity contribution in [3.05, 3.63) is 71.2 Å². The van der Waals surface area contributed by atoms with Crippen molar-refractivity contribution in [3.63, 3.8) is 0 Å². The van der Waals surface area contributed by atoms with Crippen LogP contribution in [0.15, 0.2) is 54.2 Å². The van der Waals surface area contributed by atoms with E-state index in [0.717, 1.165) is 11.1 Å². The van der Waals surface area contributed by atoms with Crippen LogP contribution in [0, 0.1) is 17.1 Å². The van der Waals surface area contributed by atoms with Crippen LogP contribution in [0.3, 0.4) is 0 Å². The number of benzene rings is 2. The van der Waals surface area contributed by atoms with Crippen LogP contribution in [0.25, 0.3) is 0 Å². The number of nitrogens with one attached hydrogen (secondary N) is 2. The number of hydrogen-bond donors (Lipinski definition) is 2. The van der Waals surface area contributed by atoms with E-state index in [0.29, 0.717) is 24.5 Å². The summed E-state index contributed by atoms with van der Waals surface area (Å²) in [4.78, 5) is 12.1. The fourth-order valence-corrected chi connectivity index (χ4v) is 2.56. The molecule has 27 heavy (non-hydrogen) atoms. The van der Waals surface area contributed by atoms with E-state index in [2.05, 4.69) is 10.6 Å². The molecule has 2 aromatic rings. The zero-order valence-electron chi connectivity index (χ0n) is 14.5.